The molecule has 3 aromatic carbocycles. The van der Waals surface area contributed by atoms with Crippen molar-refractivity contribution >= 4 is 74.0 Å². The summed E-state index contributed by atoms with van der Waals surface area (Å²) in [6, 6.07) is 40.2. The first-order valence-corrected chi connectivity index (χ1v) is 39.0. The number of rotatable bonds is 23. The van der Waals surface area contributed by atoms with Gasteiger partial charge in [-0.05, 0) is 226 Å². The summed E-state index contributed by atoms with van der Waals surface area (Å²) in [5.74, 6) is 3.14. The fourth-order valence-corrected chi connectivity index (χ4v) is 15.2. The number of aromatic nitrogens is 15. The maximum Gasteiger partial charge on any atom is 0.278 e. The third-order valence-electron chi connectivity index (χ3n) is 21.4. The van der Waals surface area contributed by atoms with Crippen LogP contribution in [0.2, 0.25) is 0 Å². The van der Waals surface area contributed by atoms with Gasteiger partial charge in [0.05, 0.1) is 42.8 Å². The number of fused-ring (bicyclic) bond motifs is 3. The summed E-state index contributed by atoms with van der Waals surface area (Å²) in [7, 11) is 0. The van der Waals surface area contributed by atoms with Gasteiger partial charge < -0.3 is 42.7 Å². The van der Waals surface area contributed by atoms with Gasteiger partial charge in [0.25, 0.3) is 16.7 Å². The molecular formula is C86H98F3N21O6. The van der Waals surface area contributed by atoms with Crippen LogP contribution in [0.25, 0.3) is 50.6 Å². The average molecular weight is 1580 g/mol. The first-order chi connectivity index (χ1) is 55.5. The first kappa shape index (κ1) is 81.7. The van der Waals surface area contributed by atoms with Gasteiger partial charge in [0.15, 0.2) is 40.4 Å². The van der Waals surface area contributed by atoms with E-state index in [-0.39, 0.29) is 54.2 Å². The van der Waals surface area contributed by atoms with E-state index < -0.39 is 35.3 Å². The molecule has 0 amide bonds. The maximum absolute atomic E-state index is 13.5. The van der Waals surface area contributed by atoms with E-state index in [1.807, 2.05) is 48.5 Å². The van der Waals surface area contributed by atoms with E-state index in [2.05, 4.69) is 105 Å². The average Bonchev–Trinajstić information content (AvgIpc) is 1.62. The molecule has 3 saturated carbocycles. The fourth-order valence-electron chi connectivity index (χ4n) is 15.2. The summed E-state index contributed by atoms with van der Waals surface area (Å²) in [4.78, 5) is 84.9. The summed E-state index contributed by atoms with van der Waals surface area (Å²) >= 11 is 0. The van der Waals surface area contributed by atoms with Crippen LogP contribution < -0.4 is 44.1 Å². The molecule has 116 heavy (non-hydrogen) atoms. The molecule has 12 aromatic rings. The number of nitrogens with zero attached hydrogens (tertiary/aromatic N) is 16. The third kappa shape index (κ3) is 18.6. The molecular weight excluding hydrogens is 1480 g/mol. The van der Waals surface area contributed by atoms with Crippen LogP contribution in [0.15, 0.2) is 203 Å². The van der Waals surface area contributed by atoms with Crippen LogP contribution >= 0.6 is 0 Å². The van der Waals surface area contributed by atoms with Crippen LogP contribution in [0.4, 0.5) is 48.1 Å². The smallest absolute Gasteiger partial charge is 0.278 e. The fraction of sp³-hybridized carbons (Fsp3) is 0.360. The monoisotopic (exact) mass is 1580 g/mol. The Morgan fingerprint density at radius 3 is 1.03 bits per heavy atom. The van der Waals surface area contributed by atoms with Crippen LogP contribution in [0, 0.1) is 5.92 Å². The molecule has 0 atom stereocenters. The number of benzene rings is 3. The number of halogens is 3. The topological polar surface area (TPSA) is 358 Å². The lowest BCUT2D eigenvalue weighted by Gasteiger charge is -2.28. The number of anilines is 6. The normalized spacial score (nSPS) is 17.9. The molecule has 27 nitrogen and oxygen atoms in total. The quantitative estimate of drug-likeness (QED) is 0.0167. The van der Waals surface area contributed by atoms with Crippen LogP contribution in [-0.4, -0.2) is 113 Å². The molecule has 3 aliphatic carbocycles. The van der Waals surface area contributed by atoms with Crippen molar-refractivity contribution in [3.63, 3.8) is 0 Å². The number of nitrogens with two attached hydrogens (primary N) is 2. The molecule has 0 saturated heterocycles. The highest BCUT2D eigenvalue weighted by atomic mass is 19.3. The molecule has 0 radical (unpaired) electrons. The molecule has 9 aromatic heterocycles. The predicted molar refractivity (Wildman–Crippen MR) is 446 cm³/mol. The van der Waals surface area contributed by atoms with Crippen molar-refractivity contribution in [2.45, 2.75) is 191 Å². The molecule has 0 unspecified atom stereocenters. The molecule has 0 bridgehead atoms. The van der Waals surface area contributed by atoms with Gasteiger partial charge in [-0.15, -0.1) is 19.7 Å². The largest absolute Gasteiger partial charge is 0.384 e. The van der Waals surface area contributed by atoms with Gasteiger partial charge in [-0.25, -0.2) is 71.2 Å². The Bertz CT molecular complexity index is 5730. The first-order valence-electron chi connectivity index (χ1n) is 39.0. The minimum atomic E-state index is -2.24. The molecule has 3 fully saturated rings. The molecule has 10 N–H and O–H groups in total. The number of guanidine groups is 1. The minimum Gasteiger partial charge on any atom is -0.384 e. The van der Waals surface area contributed by atoms with Gasteiger partial charge in [-0.3, -0.25) is 19.4 Å². The number of aliphatic imine (C=N–C) groups is 1. The highest BCUT2D eigenvalue weighted by molar-refractivity contribution is 5.80. The van der Waals surface area contributed by atoms with E-state index >= 15 is 0 Å². The second-order valence-corrected chi connectivity index (χ2v) is 31.3. The van der Waals surface area contributed by atoms with Gasteiger partial charge in [-0.1, -0.05) is 72.8 Å². The molecule has 9 heterocycles. The van der Waals surface area contributed by atoms with Crippen molar-refractivity contribution < 1.29 is 28.5 Å². The summed E-state index contributed by atoms with van der Waals surface area (Å²) in [5, 5.41) is 42.1. The SMILES string of the molecule is C=CCn1c(=O)c2cnc(Nc3ccc(C4CCC(C(F)F)CC4)cc3)nc2n1-c1cccc(C(C)(C)O)n1.C=CCn1c(=O)c2cnc(Nc3ccc(C4CCC(F)CC4)cc3)nc2n1-c1cccc(C(C)(C)O)n1.C=CCn1c(=O)c2cnc(Nc3ccc(C4CCC(N=C(N)N)CC4)cc3)nc2n1-c1cccc(C(C)(C)O)n1. The van der Waals surface area contributed by atoms with Crippen LogP contribution in [0.5, 0.6) is 0 Å². The van der Waals surface area contributed by atoms with E-state index in [4.69, 9.17) is 16.5 Å². The zero-order valence-electron chi connectivity index (χ0n) is 65.9. The Hall–Kier alpha value is -12.3. The van der Waals surface area contributed by atoms with E-state index in [1.54, 1.807) is 128 Å². The molecule has 0 aliphatic heterocycles. The zero-order valence-corrected chi connectivity index (χ0v) is 65.9. The number of allylic oxidation sites excluding steroid dienone is 3. The Balaban J connectivity index is 0.000000151. The van der Waals surface area contributed by atoms with Gasteiger partial charge in [0.2, 0.25) is 24.3 Å². The molecule has 15 rings (SSSR count). The zero-order chi connectivity index (χ0) is 82.3. The number of alkyl halides is 3. The van der Waals surface area contributed by atoms with Crippen molar-refractivity contribution in [2.24, 2.45) is 22.4 Å². The number of aliphatic hydroxyl groups is 3. The molecule has 3 aliphatic rings. The lowest BCUT2D eigenvalue weighted by atomic mass is 9.79. The number of hydrogen-bond donors (Lipinski definition) is 8. The highest BCUT2D eigenvalue weighted by Crippen LogP contribution is 2.40. The number of nitrogens with one attached hydrogen (secondary N) is 3. The second kappa shape index (κ2) is 34.8. The minimum absolute atomic E-state index is 0.160. The second-order valence-electron chi connectivity index (χ2n) is 31.3. The van der Waals surface area contributed by atoms with E-state index in [9.17, 15) is 42.9 Å². The van der Waals surface area contributed by atoms with Crippen LogP contribution in [0.3, 0.4) is 0 Å². The van der Waals surface area contributed by atoms with E-state index in [0.29, 0.717) is 123 Å². The number of pyridine rings is 3. The summed E-state index contributed by atoms with van der Waals surface area (Å²) in [6.07, 6.45) is 16.1. The third-order valence-corrected chi connectivity index (χ3v) is 21.4. The Morgan fingerprint density at radius 2 is 0.750 bits per heavy atom. The molecule has 30 heteroatoms. The summed E-state index contributed by atoms with van der Waals surface area (Å²) < 4.78 is 48.9. The van der Waals surface area contributed by atoms with Crippen LogP contribution in [-0.2, 0) is 36.4 Å². The lowest BCUT2D eigenvalue weighted by Crippen LogP contribution is -2.27. The van der Waals surface area contributed by atoms with Gasteiger partial charge in [-0.2, -0.15) is 15.0 Å². The van der Waals surface area contributed by atoms with Crippen molar-refractivity contribution in [2.75, 3.05) is 16.0 Å². The van der Waals surface area contributed by atoms with Crippen LogP contribution in [0.1, 0.15) is 170 Å². The van der Waals surface area contributed by atoms with Crippen molar-refractivity contribution in [1.29, 1.82) is 0 Å². The summed E-state index contributed by atoms with van der Waals surface area (Å²) in [6.45, 7) is 22.0. The summed E-state index contributed by atoms with van der Waals surface area (Å²) in [5.41, 5.74) is 15.4. The highest BCUT2D eigenvalue weighted by Gasteiger charge is 2.31. The van der Waals surface area contributed by atoms with Gasteiger partial charge in [0, 0.05) is 41.6 Å². The lowest BCUT2D eigenvalue weighted by molar-refractivity contribution is 0.0528. The van der Waals surface area contributed by atoms with Gasteiger partial charge in [0.1, 0.15) is 39.1 Å². The Kier molecular flexibility index (Phi) is 24.5. The number of hydrogen-bond acceptors (Lipinski definition) is 19. The predicted octanol–water partition coefficient (Wildman–Crippen LogP) is 14.2. The van der Waals surface area contributed by atoms with E-state index in [0.717, 1.165) is 74.0 Å². The molecule has 0 spiro atoms. The Labute approximate surface area is 668 Å². The van der Waals surface area contributed by atoms with Crippen molar-refractivity contribution in [1.82, 2.24) is 72.9 Å². The molecule has 604 valence electrons. The van der Waals surface area contributed by atoms with Crippen molar-refractivity contribution in [3.05, 3.63) is 249 Å². The standard InChI is InChI=1S/C29H32F2N6O2.C29H35N9O2.C28H31FN6O2/c1-4-16-36-27(38)22-17-32-28(35-26(22)37(36)24-7-5-6-23(34-24)29(2,3)39)33-21-14-12-19(13-15-21)18-8-10-20(11-9-18)25(30)31;1-4-16-37-26(39)22-17-32-28(36-25(22)38(37)24-7-5-6-23(35-24)29(2,3)40)34-21-14-10-19(11-15-21)18-8-12-20(13-9-18)33-27(30)31;1-4-16-34-26(36)22-17-30-27(31-21-14-10-19(11-15-21)18-8-12-20(29)13-9-18)33-25(22)35(34)24-7-5-6-23(32-24)28(2,3)37/h4-7,12-15,17-18,20,25,39H,1,8-11,16H2,2-3H3,(H,32,33,35);4-7,10-11,14-15,17-18,20,40H,1,8-9,12-13,16H2,2-3H3,(H4,30,31,33)(H,32,34,36);4-7,10-11,14-15,17-18,20,37H,1,8-9,12-13,16H2,2-3H3,(H,30,31,33). The maximum atomic E-state index is 13.5. The van der Waals surface area contributed by atoms with Crippen molar-refractivity contribution in [3.8, 4) is 17.5 Å². The van der Waals surface area contributed by atoms with E-state index in [1.165, 1.54) is 43.8 Å². The van der Waals surface area contributed by atoms with Gasteiger partial charge >= 0.3 is 0 Å². The Morgan fingerprint density at radius 1 is 0.457 bits per heavy atom.